The van der Waals surface area contributed by atoms with E-state index >= 15 is 0 Å². The monoisotopic (exact) mass is 481 g/mol. The average molecular weight is 481 g/mol. The molecule has 0 spiro atoms. The molecule has 4 aromatic rings. The van der Waals surface area contributed by atoms with Gasteiger partial charge in [0.25, 0.3) is 5.91 Å². The molecule has 0 saturated carbocycles. The van der Waals surface area contributed by atoms with Crippen molar-refractivity contribution in [1.29, 1.82) is 0 Å². The van der Waals surface area contributed by atoms with Crippen LogP contribution in [0.25, 0.3) is 22.3 Å². The van der Waals surface area contributed by atoms with Gasteiger partial charge in [-0.25, -0.2) is 0 Å². The second kappa shape index (κ2) is 9.29. The highest BCUT2D eigenvalue weighted by molar-refractivity contribution is 5.93. The molecule has 5 nitrogen and oxygen atoms in total. The molecular weight excluding hydrogens is 459 g/mol. The molecule has 1 heterocycles. The van der Waals surface area contributed by atoms with Gasteiger partial charge < -0.3 is 14.5 Å². The Morgan fingerprint density at radius 2 is 1.63 bits per heavy atom. The molecule has 0 unspecified atom stereocenters. The summed E-state index contributed by atoms with van der Waals surface area (Å²) >= 11 is 0. The van der Waals surface area contributed by atoms with Gasteiger partial charge in [-0.05, 0) is 56.2 Å². The maximum absolute atomic E-state index is 13.3. The molecule has 0 aliphatic rings. The lowest BCUT2D eigenvalue weighted by molar-refractivity contribution is -0.137. The first kappa shape index (κ1) is 24.1. The van der Waals surface area contributed by atoms with Gasteiger partial charge in [-0.3, -0.25) is 9.59 Å². The molecule has 8 heteroatoms. The van der Waals surface area contributed by atoms with E-state index in [4.69, 9.17) is 9.15 Å². The molecule has 0 atom stereocenters. The van der Waals surface area contributed by atoms with Gasteiger partial charge in [0.2, 0.25) is 11.2 Å². The van der Waals surface area contributed by atoms with Crippen LogP contribution in [-0.4, -0.2) is 12.5 Å². The summed E-state index contributed by atoms with van der Waals surface area (Å²) in [6.07, 6.45) is -4.64. The van der Waals surface area contributed by atoms with E-state index in [1.54, 1.807) is 24.3 Å². The highest BCUT2D eigenvalue weighted by atomic mass is 19.4. The molecule has 4 rings (SSSR count). The van der Waals surface area contributed by atoms with Crippen LogP contribution in [0.15, 0.2) is 69.9 Å². The number of benzene rings is 3. The lowest BCUT2D eigenvalue weighted by Crippen LogP contribution is -2.24. The predicted molar refractivity (Wildman–Crippen MR) is 128 cm³/mol. The van der Waals surface area contributed by atoms with Crippen molar-refractivity contribution in [2.24, 2.45) is 0 Å². The van der Waals surface area contributed by atoms with Gasteiger partial charge in [-0.2, -0.15) is 13.2 Å². The normalized spacial score (nSPS) is 11.5. The third-order valence-electron chi connectivity index (χ3n) is 5.63. The van der Waals surface area contributed by atoms with Gasteiger partial charge in [0.15, 0.2) is 12.4 Å². The van der Waals surface area contributed by atoms with Crippen molar-refractivity contribution in [3.63, 3.8) is 0 Å². The van der Waals surface area contributed by atoms with Crippen LogP contribution in [0.4, 0.5) is 18.9 Å². The molecular formula is C27H22F3NO4. The Morgan fingerprint density at radius 1 is 0.971 bits per heavy atom. The minimum atomic E-state index is -4.64. The van der Waals surface area contributed by atoms with Crippen LogP contribution in [-0.2, 0) is 11.0 Å². The Labute approximate surface area is 199 Å². The first-order chi connectivity index (χ1) is 16.5. The zero-order chi connectivity index (χ0) is 25.3. The number of fused-ring (bicyclic) bond motifs is 1. The molecule has 0 saturated heterocycles. The smallest absolute Gasteiger partial charge is 0.418 e. The lowest BCUT2D eigenvalue weighted by Gasteiger charge is -2.15. The Bertz CT molecular complexity index is 1470. The second-order valence-corrected chi connectivity index (χ2v) is 8.27. The van der Waals surface area contributed by atoms with Crippen LogP contribution in [0, 0.1) is 20.8 Å². The van der Waals surface area contributed by atoms with E-state index in [0.29, 0.717) is 11.1 Å². The van der Waals surface area contributed by atoms with E-state index in [1.807, 2.05) is 32.9 Å². The Balaban J connectivity index is 1.70. The summed E-state index contributed by atoms with van der Waals surface area (Å²) in [7, 11) is 0. The van der Waals surface area contributed by atoms with Gasteiger partial charge in [-0.15, -0.1) is 0 Å². The van der Waals surface area contributed by atoms with E-state index < -0.39 is 35.4 Å². The van der Waals surface area contributed by atoms with Gasteiger partial charge in [0.1, 0.15) is 5.58 Å². The second-order valence-electron chi connectivity index (χ2n) is 8.27. The van der Waals surface area contributed by atoms with Crippen LogP contribution in [0.3, 0.4) is 0 Å². The van der Waals surface area contributed by atoms with E-state index in [9.17, 15) is 22.8 Å². The van der Waals surface area contributed by atoms with Crippen molar-refractivity contribution in [3.05, 3.63) is 93.1 Å². The third kappa shape index (κ3) is 5.06. The van der Waals surface area contributed by atoms with Crippen LogP contribution in [0.1, 0.15) is 22.3 Å². The SMILES string of the molecule is Cc1ccc(-c2oc3cc(C)c(C)cc3c(=O)c2OCC(=O)Nc2ccccc2C(F)(F)F)cc1. The van der Waals surface area contributed by atoms with Crippen molar-refractivity contribution in [3.8, 4) is 17.1 Å². The summed E-state index contributed by atoms with van der Waals surface area (Å²) in [5.74, 6) is -0.908. The summed E-state index contributed by atoms with van der Waals surface area (Å²) < 4.78 is 51.4. The number of alkyl halides is 3. The number of para-hydroxylation sites is 1. The highest BCUT2D eigenvalue weighted by Gasteiger charge is 2.33. The van der Waals surface area contributed by atoms with Gasteiger partial charge in [0, 0.05) is 5.56 Å². The van der Waals surface area contributed by atoms with E-state index in [0.717, 1.165) is 28.8 Å². The first-order valence-electron chi connectivity index (χ1n) is 10.8. The largest absolute Gasteiger partial charge is 0.476 e. The number of rotatable bonds is 5. The number of nitrogens with one attached hydrogen (secondary N) is 1. The van der Waals surface area contributed by atoms with Crippen molar-refractivity contribution >= 4 is 22.6 Å². The summed E-state index contributed by atoms with van der Waals surface area (Å²) in [5, 5.41) is 2.49. The maximum atomic E-state index is 13.3. The van der Waals surface area contributed by atoms with Crippen molar-refractivity contribution in [1.82, 2.24) is 0 Å². The Kier molecular flexibility index (Phi) is 6.39. The molecule has 0 fully saturated rings. The van der Waals surface area contributed by atoms with Crippen LogP contribution >= 0.6 is 0 Å². The summed E-state index contributed by atoms with van der Waals surface area (Å²) in [5.41, 5.74) is 1.87. The molecule has 0 radical (unpaired) electrons. The number of aryl methyl sites for hydroxylation is 3. The van der Waals surface area contributed by atoms with Crippen molar-refractivity contribution in [2.75, 3.05) is 11.9 Å². The molecule has 1 N–H and O–H groups in total. The van der Waals surface area contributed by atoms with E-state index in [2.05, 4.69) is 5.32 Å². The van der Waals surface area contributed by atoms with Crippen LogP contribution in [0.5, 0.6) is 5.75 Å². The molecule has 0 bridgehead atoms. The van der Waals surface area contributed by atoms with Crippen molar-refractivity contribution in [2.45, 2.75) is 26.9 Å². The number of hydrogen-bond donors (Lipinski definition) is 1. The lowest BCUT2D eigenvalue weighted by atomic mass is 10.0. The minimum absolute atomic E-state index is 0.134. The maximum Gasteiger partial charge on any atom is 0.418 e. The predicted octanol–water partition coefficient (Wildman–Crippen LogP) is 6.42. The fourth-order valence-corrected chi connectivity index (χ4v) is 3.62. The fraction of sp³-hybridized carbons (Fsp3) is 0.185. The molecule has 1 amide bonds. The summed E-state index contributed by atoms with van der Waals surface area (Å²) in [6.45, 7) is 4.97. The molecule has 3 aromatic carbocycles. The Morgan fingerprint density at radius 3 is 2.31 bits per heavy atom. The summed E-state index contributed by atoms with van der Waals surface area (Å²) in [6, 6.07) is 15.3. The van der Waals surface area contributed by atoms with Gasteiger partial charge in [0.05, 0.1) is 16.6 Å². The van der Waals surface area contributed by atoms with Gasteiger partial charge >= 0.3 is 6.18 Å². The number of amides is 1. The molecule has 180 valence electrons. The van der Waals surface area contributed by atoms with E-state index in [-0.39, 0.29) is 16.9 Å². The number of ether oxygens (including phenoxy) is 1. The van der Waals surface area contributed by atoms with E-state index in [1.165, 1.54) is 12.1 Å². The average Bonchev–Trinajstić information content (AvgIpc) is 2.80. The zero-order valence-electron chi connectivity index (χ0n) is 19.2. The van der Waals surface area contributed by atoms with Crippen molar-refractivity contribution < 1.29 is 27.1 Å². The topological polar surface area (TPSA) is 68.5 Å². The quantitative estimate of drug-likeness (QED) is 0.357. The fourth-order valence-electron chi connectivity index (χ4n) is 3.62. The Hall–Kier alpha value is -4.07. The highest BCUT2D eigenvalue weighted by Crippen LogP contribution is 2.35. The van der Waals surface area contributed by atoms with Gasteiger partial charge in [-0.1, -0.05) is 42.0 Å². The van der Waals surface area contributed by atoms with Crippen LogP contribution in [0.2, 0.25) is 0 Å². The number of carbonyl (C=O) groups excluding carboxylic acids is 1. The first-order valence-corrected chi connectivity index (χ1v) is 10.8. The molecule has 0 aliphatic carbocycles. The number of halogens is 3. The molecule has 1 aromatic heterocycles. The zero-order valence-corrected chi connectivity index (χ0v) is 19.2. The number of carbonyl (C=O) groups is 1. The molecule has 35 heavy (non-hydrogen) atoms. The standard InChI is InChI=1S/C27H22F3NO4/c1-15-8-10-18(11-9-15)25-26(24(33)19-12-16(2)17(3)13-22(19)35-25)34-14-23(32)31-21-7-5-4-6-20(21)27(28,29)30/h4-13H,14H2,1-3H3,(H,31,32). The summed E-state index contributed by atoms with van der Waals surface area (Å²) in [4.78, 5) is 25.8. The minimum Gasteiger partial charge on any atom is -0.476 e. The van der Waals surface area contributed by atoms with Crippen LogP contribution < -0.4 is 15.5 Å². The third-order valence-corrected chi connectivity index (χ3v) is 5.63. The number of hydrogen-bond acceptors (Lipinski definition) is 4. The molecule has 0 aliphatic heterocycles. The number of anilines is 1.